The average Bonchev–Trinajstić information content (AvgIpc) is 2.42. The van der Waals surface area contributed by atoms with Gasteiger partial charge in [-0.05, 0) is 33.6 Å². The Kier molecular flexibility index (Phi) is 3.35. The molecule has 0 spiro atoms. The summed E-state index contributed by atoms with van der Waals surface area (Å²) in [6, 6.07) is 0. The van der Waals surface area contributed by atoms with E-state index in [1.807, 2.05) is 4.90 Å². The highest BCUT2D eigenvalue weighted by Crippen LogP contribution is 2.24. The predicted molar refractivity (Wildman–Crippen MR) is 59.1 cm³/mol. The molecule has 1 aliphatic rings. The van der Waals surface area contributed by atoms with Crippen molar-refractivity contribution in [2.45, 2.75) is 52.5 Å². The van der Waals surface area contributed by atoms with E-state index in [0.717, 1.165) is 31.4 Å². The molecule has 14 heavy (non-hydrogen) atoms. The van der Waals surface area contributed by atoms with Gasteiger partial charge in [0.15, 0.2) is 0 Å². The second-order valence-electron chi connectivity index (χ2n) is 4.92. The van der Waals surface area contributed by atoms with E-state index in [9.17, 15) is 4.79 Å². The van der Waals surface area contributed by atoms with Crippen LogP contribution in [0, 0.1) is 0 Å². The number of amides is 1. The van der Waals surface area contributed by atoms with Gasteiger partial charge in [0.1, 0.15) is 0 Å². The third-order valence-electron chi connectivity index (χ3n) is 2.65. The van der Waals surface area contributed by atoms with E-state index in [1.165, 1.54) is 0 Å². The van der Waals surface area contributed by atoms with Gasteiger partial charge in [-0.15, -0.1) is 0 Å². The third-order valence-corrected chi connectivity index (χ3v) is 2.65. The molecule has 0 aromatic rings. The van der Waals surface area contributed by atoms with Crippen molar-refractivity contribution in [3.05, 3.63) is 11.6 Å². The van der Waals surface area contributed by atoms with E-state index in [0.29, 0.717) is 0 Å². The van der Waals surface area contributed by atoms with Crippen LogP contribution >= 0.6 is 0 Å². The van der Waals surface area contributed by atoms with Crippen LogP contribution in [0.1, 0.15) is 47.0 Å². The SMILES string of the molecule is CCCCC1=CCN(C(C)(C)C)C1=O. The molecule has 0 atom stereocenters. The topological polar surface area (TPSA) is 20.3 Å². The maximum absolute atomic E-state index is 11.9. The molecule has 0 N–H and O–H groups in total. The van der Waals surface area contributed by atoms with Crippen LogP contribution in [0.25, 0.3) is 0 Å². The molecule has 1 heterocycles. The molecule has 0 saturated carbocycles. The van der Waals surface area contributed by atoms with E-state index in [2.05, 4.69) is 33.8 Å². The monoisotopic (exact) mass is 195 g/mol. The summed E-state index contributed by atoms with van der Waals surface area (Å²) in [4.78, 5) is 13.9. The van der Waals surface area contributed by atoms with Gasteiger partial charge in [0, 0.05) is 17.7 Å². The average molecular weight is 195 g/mol. The molecule has 0 aromatic carbocycles. The molecule has 80 valence electrons. The molecule has 2 nitrogen and oxygen atoms in total. The minimum Gasteiger partial charge on any atom is -0.330 e. The molecule has 1 amide bonds. The third kappa shape index (κ3) is 2.37. The fourth-order valence-corrected chi connectivity index (χ4v) is 1.70. The normalized spacial score (nSPS) is 17.6. The summed E-state index contributed by atoms with van der Waals surface area (Å²) in [5.41, 5.74) is 0.975. The Labute approximate surface area is 87.0 Å². The van der Waals surface area contributed by atoms with E-state index in [1.54, 1.807) is 0 Å². The fraction of sp³-hybridized carbons (Fsp3) is 0.750. The molecular formula is C12H21NO. The van der Waals surface area contributed by atoms with Crippen LogP contribution in [-0.4, -0.2) is 22.9 Å². The minimum atomic E-state index is -0.0401. The number of nitrogens with zero attached hydrogens (tertiary/aromatic N) is 1. The van der Waals surface area contributed by atoms with Crippen LogP contribution in [0.3, 0.4) is 0 Å². The van der Waals surface area contributed by atoms with Crippen LogP contribution in [0.5, 0.6) is 0 Å². The Hall–Kier alpha value is -0.790. The Morgan fingerprint density at radius 2 is 2.07 bits per heavy atom. The largest absolute Gasteiger partial charge is 0.330 e. The molecule has 0 unspecified atom stereocenters. The number of carbonyl (C=O) groups is 1. The molecular weight excluding hydrogens is 174 g/mol. The summed E-state index contributed by atoms with van der Waals surface area (Å²) < 4.78 is 0. The molecule has 0 bridgehead atoms. The molecule has 1 aliphatic heterocycles. The smallest absolute Gasteiger partial charge is 0.250 e. The molecule has 1 rings (SSSR count). The first-order valence-corrected chi connectivity index (χ1v) is 5.48. The summed E-state index contributed by atoms with van der Waals surface area (Å²) in [7, 11) is 0. The zero-order valence-corrected chi connectivity index (χ0v) is 9.76. The van der Waals surface area contributed by atoms with Gasteiger partial charge in [0.2, 0.25) is 5.91 Å². The van der Waals surface area contributed by atoms with Crippen LogP contribution in [0.2, 0.25) is 0 Å². The summed E-state index contributed by atoms with van der Waals surface area (Å²) in [6.07, 6.45) is 5.31. The highest BCUT2D eigenvalue weighted by molar-refractivity contribution is 5.96. The van der Waals surface area contributed by atoms with Crippen molar-refractivity contribution in [1.29, 1.82) is 0 Å². The van der Waals surface area contributed by atoms with Crippen molar-refractivity contribution < 1.29 is 4.79 Å². The number of hydrogen-bond donors (Lipinski definition) is 0. The zero-order chi connectivity index (χ0) is 10.8. The fourth-order valence-electron chi connectivity index (χ4n) is 1.70. The van der Waals surface area contributed by atoms with Crippen LogP contribution in [-0.2, 0) is 4.79 Å². The molecule has 2 heteroatoms. The molecule has 0 aliphatic carbocycles. The maximum Gasteiger partial charge on any atom is 0.250 e. The van der Waals surface area contributed by atoms with Crippen LogP contribution in [0.15, 0.2) is 11.6 Å². The lowest BCUT2D eigenvalue weighted by atomic mass is 10.1. The van der Waals surface area contributed by atoms with Crippen molar-refractivity contribution in [2.75, 3.05) is 6.54 Å². The van der Waals surface area contributed by atoms with Crippen molar-refractivity contribution in [3.63, 3.8) is 0 Å². The van der Waals surface area contributed by atoms with Gasteiger partial charge in [-0.1, -0.05) is 19.4 Å². The van der Waals surface area contributed by atoms with Crippen molar-refractivity contribution in [2.24, 2.45) is 0 Å². The molecule has 0 aromatic heterocycles. The first-order chi connectivity index (χ1) is 6.46. The van der Waals surface area contributed by atoms with Gasteiger partial charge in [-0.25, -0.2) is 0 Å². The van der Waals surface area contributed by atoms with Crippen molar-refractivity contribution >= 4 is 5.91 Å². The number of rotatable bonds is 3. The summed E-state index contributed by atoms with van der Waals surface area (Å²) >= 11 is 0. The van der Waals surface area contributed by atoms with E-state index in [4.69, 9.17) is 0 Å². The lowest BCUT2D eigenvalue weighted by Crippen LogP contribution is -2.43. The van der Waals surface area contributed by atoms with Gasteiger partial charge >= 0.3 is 0 Å². The van der Waals surface area contributed by atoms with Crippen LogP contribution < -0.4 is 0 Å². The molecule has 0 radical (unpaired) electrons. The molecule has 0 saturated heterocycles. The Bertz CT molecular complexity index is 248. The van der Waals surface area contributed by atoms with Crippen molar-refractivity contribution in [1.82, 2.24) is 4.90 Å². The standard InChI is InChI=1S/C12H21NO/c1-5-6-7-10-8-9-13(11(10)14)12(2,3)4/h8H,5-7,9H2,1-4H3. The highest BCUT2D eigenvalue weighted by atomic mass is 16.2. The van der Waals surface area contributed by atoms with E-state index < -0.39 is 0 Å². The van der Waals surface area contributed by atoms with Gasteiger partial charge in [0.05, 0.1) is 0 Å². The minimum absolute atomic E-state index is 0.0401. The highest BCUT2D eigenvalue weighted by Gasteiger charge is 2.31. The second-order valence-corrected chi connectivity index (χ2v) is 4.92. The van der Waals surface area contributed by atoms with Gasteiger partial charge in [-0.3, -0.25) is 4.79 Å². The lowest BCUT2D eigenvalue weighted by molar-refractivity contribution is -0.129. The number of unbranched alkanes of at least 4 members (excludes halogenated alkanes) is 1. The Morgan fingerprint density at radius 3 is 2.50 bits per heavy atom. The second kappa shape index (κ2) is 4.16. The molecule has 0 fully saturated rings. The van der Waals surface area contributed by atoms with Crippen LogP contribution in [0.4, 0.5) is 0 Å². The van der Waals surface area contributed by atoms with Crippen molar-refractivity contribution in [3.8, 4) is 0 Å². The van der Waals surface area contributed by atoms with Gasteiger partial charge in [-0.2, -0.15) is 0 Å². The van der Waals surface area contributed by atoms with Gasteiger partial charge < -0.3 is 4.90 Å². The lowest BCUT2D eigenvalue weighted by Gasteiger charge is -2.32. The Balaban J connectivity index is 2.58. The summed E-state index contributed by atoms with van der Waals surface area (Å²) in [6.45, 7) is 9.20. The van der Waals surface area contributed by atoms with E-state index >= 15 is 0 Å². The summed E-state index contributed by atoms with van der Waals surface area (Å²) in [5, 5.41) is 0. The zero-order valence-electron chi connectivity index (χ0n) is 9.76. The maximum atomic E-state index is 11.9. The Morgan fingerprint density at radius 1 is 1.43 bits per heavy atom. The number of carbonyl (C=O) groups excluding carboxylic acids is 1. The summed E-state index contributed by atoms with van der Waals surface area (Å²) in [5.74, 6) is 0.242. The first-order valence-electron chi connectivity index (χ1n) is 5.48. The quantitative estimate of drug-likeness (QED) is 0.678. The predicted octanol–water partition coefficient (Wildman–Crippen LogP) is 2.74. The number of hydrogen-bond acceptors (Lipinski definition) is 1. The van der Waals surface area contributed by atoms with Gasteiger partial charge in [0.25, 0.3) is 0 Å². The first kappa shape index (κ1) is 11.3. The van der Waals surface area contributed by atoms with E-state index in [-0.39, 0.29) is 11.4 Å².